The summed E-state index contributed by atoms with van der Waals surface area (Å²) in [6.07, 6.45) is 3.03. The van der Waals surface area contributed by atoms with Crippen molar-refractivity contribution >= 4 is 0 Å². The molecule has 0 radical (unpaired) electrons. The zero-order valence-electron chi connectivity index (χ0n) is 6.60. The van der Waals surface area contributed by atoms with Crippen LogP contribution in [0.2, 0.25) is 0 Å². The maximum Gasteiger partial charge on any atom is 0.141 e. The van der Waals surface area contributed by atoms with Gasteiger partial charge in [-0.25, -0.2) is 4.39 Å². The van der Waals surface area contributed by atoms with Gasteiger partial charge in [-0.05, 0) is 42.5 Å². The van der Waals surface area contributed by atoms with E-state index in [1.807, 2.05) is 6.07 Å². The molecule has 1 aromatic rings. The highest BCUT2D eigenvalue weighted by Gasteiger charge is 2.13. The second-order valence-electron chi connectivity index (χ2n) is 3.07. The first-order chi connectivity index (χ1) is 5.81. The summed E-state index contributed by atoms with van der Waals surface area (Å²) in [4.78, 5) is 0. The van der Waals surface area contributed by atoms with E-state index in [0.29, 0.717) is 0 Å². The first-order valence-electron chi connectivity index (χ1n) is 4.02. The Morgan fingerprint density at radius 3 is 2.58 bits per heavy atom. The number of fused-ring (bicyclic) bond motifs is 1. The molecular formula is C10H8FN. The highest BCUT2D eigenvalue weighted by atomic mass is 19.1. The molecule has 0 saturated heterocycles. The van der Waals surface area contributed by atoms with Gasteiger partial charge in [0, 0.05) is 0 Å². The van der Waals surface area contributed by atoms with E-state index in [9.17, 15) is 4.39 Å². The quantitative estimate of drug-likeness (QED) is 0.572. The fourth-order valence-corrected chi connectivity index (χ4v) is 1.68. The van der Waals surface area contributed by atoms with Crippen LogP contribution >= 0.6 is 0 Å². The summed E-state index contributed by atoms with van der Waals surface area (Å²) in [5.74, 6) is -0.377. The maximum absolute atomic E-state index is 13.0. The first kappa shape index (κ1) is 7.30. The molecule has 0 heterocycles. The van der Waals surface area contributed by atoms with Crippen molar-refractivity contribution in [3.8, 4) is 6.07 Å². The summed E-state index contributed by atoms with van der Waals surface area (Å²) in [5.41, 5.74) is 2.40. The van der Waals surface area contributed by atoms with Gasteiger partial charge in [-0.1, -0.05) is 0 Å². The van der Waals surface area contributed by atoms with Crippen LogP contribution in [0.4, 0.5) is 4.39 Å². The Labute approximate surface area is 70.4 Å². The zero-order chi connectivity index (χ0) is 8.55. The Morgan fingerprint density at radius 1 is 1.25 bits per heavy atom. The number of rotatable bonds is 0. The van der Waals surface area contributed by atoms with E-state index < -0.39 is 0 Å². The number of nitrogens with zero attached hydrogens (tertiary/aromatic N) is 1. The van der Waals surface area contributed by atoms with Crippen LogP contribution in [0.3, 0.4) is 0 Å². The third-order valence-corrected chi connectivity index (χ3v) is 2.30. The number of benzene rings is 1. The SMILES string of the molecule is N#Cc1cc2c(cc1F)CCC2. The first-order valence-corrected chi connectivity index (χ1v) is 4.02. The molecule has 0 N–H and O–H groups in total. The Kier molecular flexibility index (Phi) is 1.58. The monoisotopic (exact) mass is 161 g/mol. The highest BCUT2D eigenvalue weighted by Crippen LogP contribution is 2.24. The molecule has 0 aromatic heterocycles. The van der Waals surface area contributed by atoms with Crippen molar-refractivity contribution in [3.05, 3.63) is 34.6 Å². The molecule has 60 valence electrons. The Balaban J connectivity index is 2.59. The number of hydrogen-bond acceptors (Lipinski definition) is 1. The molecule has 1 aliphatic carbocycles. The molecule has 1 aliphatic rings. The zero-order valence-corrected chi connectivity index (χ0v) is 6.60. The maximum atomic E-state index is 13.0. The van der Waals surface area contributed by atoms with E-state index in [1.54, 1.807) is 6.07 Å². The van der Waals surface area contributed by atoms with Crippen LogP contribution in [0, 0.1) is 17.1 Å². The normalized spacial score (nSPS) is 14.0. The van der Waals surface area contributed by atoms with E-state index >= 15 is 0 Å². The lowest BCUT2D eigenvalue weighted by Crippen LogP contribution is -1.89. The van der Waals surface area contributed by atoms with Gasteiger partial charge in [-0.3, -0.25) is 0 Å². The van der Waals surface area contributed by atoms with Gasteiger partial charge in [-0.15, -0.1) is 0 Å². The van der Waals surface area contributed by atoms with E-state index in [1.165, 1.54) is 6.07 Å². The van der Waals surface area contributed by atoms with Gasteiger partial charge in [0.2, 0.25) is 0 Å². The van der Waals surface area contributed by atoms with Gasteiger partial charge in [0.05, 0.1) is 5.56 Å². The third kappa shape index (κ3) is 0.984. The van der Waals surface area contributed by atoms with Gasteiger partial charge < -0.3 is 0 Å². The molecule has 12 heavy (non-hydrogen) atoms. The summed E-state index contributed by atoms with van der Waals surface area (Å²) in [5, 5.41) is 8.56. The molecule has 2 rings (SSSR count). The Hall–Kier alpha value is -1.36. The molecule has 0 aliphatic heterocycles. The minimum Gasteiger partial charge on any atom is -0.206 e. The number of nitriles is 1. The van der Waals surface area contributed by atoms with Crippen molar-refractivity contribution < 1.29 is 4.39 Å². The van der Waals surface area contributed by atoms with Crippen molar-refractivity contribution in [1.82, 2.24) is 0 Å². The van der Waals surface area contributed by atoms with E-state index in [-0.39, 0.29) is 11.4 Å². The lowest BCUT2D eigenvalue weighted by Gasteiger charge is -1.99. The van der Waals surface area contributed by atoms with Crippen molar-refractivity contribution in [2.45, 2.75) is 19.3 Å². The molecule has 0 atom stereocenters. The van der Waals surface area contributed by atoms with Gasteiger partial charge in [0.15, 0.2) is 0 Å². The fourth-order valence-electron chi connectivity index (χ4n) is 1.68. The lowest BCUT2D eigenvalue weighted by atomic mass is 10.1. The Morgan fingerprint density at radius 2 is 1.92 bits per heavy atom. The summed E-state index contributed by atoms with van der Waals surface area (Å²) < 4.78 is 13.0. The number of hydrogen-bond donors (Lipinski definition) is 0. The largest absolute Gasteiger partial charge is 0.206 e. The second kappa shape index (κ2) is 2.60. The van der Waals surface area contributed by atoms with Crippen LogP contribution < -0.4 is 0 Å². The van der Waals surface area contributed by atoms with Crippen LogP contribution in [0.1, 0.15) is 23.1 Å². The summed E-state index contributed by atoms with van der Waals surface area (Å²) in [6.45, 7) is 0. The molecule has 0 amide bonds. The van der Waals surface area contributed by atoms with Crippen LogP contribution in [0.5, 0.6) is 0 Å². The molecule has 0 bridgehead atoms. The predicted molar refractivity (Wildman–Crippen MR) is 43.1 cm³/mol. The number of halogens is 1. The average Bonchev–Trinajstić information content (AvgIpc) is 2.49. The van der Waals surface area contributed by atoms with Crippen molar-refractivity contribution in [1.29, 1.82) is 5.26 Å². The predicted octanol–water partition coefficient (Wildman–Crippen LogP) is 2.19. The van der Waals surface area contributed by atoms with Gasteiger partial charge in [-0.2, -0.15) is 5.26 Å². The van der Waals surface area contributed by atoms with Gasteiger partial charge >= 0.3 is 0 Å². The van der Waals surface area contributed by atoms with Crippen LogP contribution in [0.15, 0.2) is 12.1 Å². The van der Waals surface area contributed by atoms with Crippen LogP contribution in [-0.4, -0.2) is 0 Å². The van der Waals surface area contributed by atoms with Crippen molar-refractivity contribution in [3.63, 3.8) is 0 Å². The van der Waals surface area contributed by atoms with Crippen LogP contribution in [-0.2, 0) is 12.8 Å². The highest BCUT2D eigenvalue weighted by molar-refractivity contribution is 5.41. The average molecular weight is 161 g/mol. The topological polar surface area (TPSA) is 23.8 Å². The molecule has 0 fully saturated rings. The third-order valence-electron chi connectivity index (χ3n) is 2.30. The smallest absolute Gasteiger partial charge is 0.141 e. The van der Waals surface area contributed by atoms with E-state index in [0.717, 1.165) is 30.4 Å². The van der Waals surface area contributed by atoms with Crippen LogP contribution in [0.25, 0.3) is 0 Å². The summed E-state index contributed by atoms with van der Waals surface area (Å²) in [7, 11) is 0. The Bertz CT molecular complexity index is 362. The molecule has 1 aromatic carbocycles. The fraction of sp³-hybridized carbons (Fsp3) is 0.300. The molecular weight excluding hydrogens is 153 g/mol. The molecule has 0 unspecified atom stereocenters. The van der Waals surface area contributed by atoms with E-state index in [4.69, 9.17) is 5.26 Å². The lowest BCUT2D eigenvalue weighted by molar-refractivity contribution is 0.622. The molecule has 1 nitrogen and oxygen atoms in total. The number of aryl methyl sites for hydroxylation is 2. The van der Waals surface area contributed by atoms with Gasteiger partial charge in [0.1, 0.15) is 11.9 Å². The minimum absolute atomic E-state index is 0.177. The minimum atomic E-state index is -0.377. The second-order valence-corrected chi connectivity index (χ2v) is 3.07. The summed E-state index contributed by atoms with van der Waals surface area (Å²) in [6, 6.07) is 5.03. The standard InChI is InChI=1S/C10H8FN/c11-10-5-8-3-1-2-7(8)4-9(10)6-12/h4-5H,1-3H2. The molecule has 0 saturated carbocycles. The van der Waals surface area contributed by atoms with Gasteiger partial charge in [0.25, 0.3) is 0 Å². The summed E-state index contributed by atoms with van der Waals surface area (Å²) >= 11 is 0. The van der Waals surface area contributed by atoms with E-state index in [2.05, 4.69) is 0 Å². The molecule has 0 spiro atoms. The molecule has 2 heteroatoms. The van der Waals surface area contributed by atoms with Crippen molar-refractivity contribution in [2.24, 2.45) is 0 Å². The van der Waals surface area contributed by atoms with Crippen molar-refractivity contribution in [2.75, 3.05) is 0 Å².